The van der Waals surface area contributed by atoms with E-state index < -0.39 is 6.67 Å². The monoisotopic (exact) mass is 473 g/mol. The predicted molar refractivity (Wildman–Crippen MR) is 122 cm³/mol. The topological polar surface area (TPSA) is 92.9 Å². The molecule has 0 fully saturated rings. The van der Waals surface area contributed by atoms with Crippen molar-refractivity contribution < 1.29 is 19.0 Å². The van der Waals surface area contributed by atoms with Gasteiger partial charge in [-0.3, -0.25) is 14.0 Å². The van der Waals surface area contributed by atoms with E-state index in [0.717, 1.165) is 0 Å². The summed E-state index contributed by atoms with van der Waals surface area (Å²) in [5.74, 6) is -0.343. The number of carbonyl (C=O) groups is 1. The normalized spacial score (nSPS) is 11.8. The fraction of sp³-hybridized carbons (Fsp3) is 0.136. The Morgan fingerprint density at radius 1 is 1.38 bits per heavy atom. The average Bonchev–Trinajstić information content (AvgIpc) is 3.34. The summed E-state index contributed by atoms with van der Waals surface area (Å²) in [5, 5.41) is 12.5. The fourth-order valence-electron chi connectivity index (χ4n) is 3.14. The van der Waals surface area contributed by atoms with Crippen LogP contribution in [0.15, 0.2) is 47.4 Å². The lowest BCUT2D eigenvalue weighted by Gasteiger charge is -2.05. The van der Waals surface area contributed by atoms with E-state index in [4.69, 9.17) is 16.3 Å². The van der Waals surface area contributed by atoms with Crippen LogP contribution < -0.4 is 20.1 Å². The smallest absolute Gasteiger partial charge is 0.274 e. The van der Waals surface area contributed by atoms with E-state index in [0.29, 0.717) is 31.9 Å². The van der Waals surface area contributed by atoms with E-state index in [1.54, 1.807) is 42.6 Å². The predicted octanol–water partition coefficient (Wildman–Crippen LogP) is 3.04. The van der Waals surface area contributed by atoms with Crippen LogP contribution in [0.1, 0.15) is 15.9 Å². The molecule has 0 saturated carbocycles. The molecule has 4 aromatic rings. The first kappa shape index (κ1) is 21.8. The van der Waals surface area contributed by atoms with Crippen LogP contribution in [0.25, 0.3) is 22.3 Å². The Kier molecular flexibility index (Phi) is 6.11. The zero-order valence-electron chi connectivity index (χ0n) is 16.8. The highest BCUT2D eigenvalue weighted by Crippen LogP contribution is 2.35. The summed E-state index contributed by atoms with van der Waals surface area (Å²) in [7, 11) is 1.41. The third kappa shape index (κ3) is 4.17. The van der Waals surface area contributed by atoms with Gasteiger partial charge in [0.05, 0.1) is 22.4 Å². The molecule has 1 amide bonds. The van der Waals surface area contributed by atoms with Gasteiger partial charge < -0.3 is 15.2 Å². The molecule has 2 aromatic carbocycles. The molecule has 0 aliphatic carbocycles. The van der Waals surface area contributed by atoms with Crippen LogP contribution in [0.2, 0.25) is 5.02 Å². The number of nitrogens with one attached hydrogen (secondary N) is 1. The Morgan fingerprint density at radius 2 is 2.19 bits per heavy atom. The number of hydrogen-bond donors (Lipinski definition) is 2. The molecular weight excluding hydrogens is 457 g/mol. The third-order valence-corrected chi connectivity index (χ3v) is 5.94. The van der Waals surface area contributed by atoms with Crippen LogP contribution in [0.4, 0.5) is 4.39 Å². The Hall–Kier alpha value is -3.43. The molecule has 0 radical (unpaired) electrons. The molecule has 0 saturated heterocycles. The summed E-state index contributed by atoms with van der Waals surface area (Å²) >= 11 is 7.22. The van der Waals surface area contributed by atoms with Gasteiger partial charge in [-0.1, -0.05) is 35.1 Å². The van der Waals surface area contributed by atoms with Crippen LogP contribution >= 0.6 is 22.9 Å². The molecule has 7 nitrogen and oxygen atoms in total. The number of phenols is 1. The third-order valence-electron chi connectivity index (χ3n) is 4.67. The van der Waals surface area contributed by atoms with Crippen molar-refractivity contribution in [2.24, 2.45) is 0 Å². The van der Waals surface area contributed by atoms with Crippen LogP contribution in [0, 0.1) is 0 Å². The first-order chi connectivity index (χ1) is 15.4. The van der Waals surface area contributed by atoms with Gasteiger partial charge >= 0.3 is 0 Å². The molecule has 4 rings (SSSR count). The van der Waals surface area contributed by atoms with Crippen molar-refractivity contribution in [3.8, 4) is 22.8 Å². The van der Waals surface area contributed by atoms with Crippen molar-refractivity contribution in [3.05, 3.63) is 73.6 Å². The van der Waals surface area contributed by atoms with Crippen molar-refractivity contribution in [2.45, 2.75) is 0 Å². The second-order valence-corrected chi connectivity index (χ2v) is 8.19. The molecule has 0 aliphatic heterocycles. The highest BCUT2D eigenvalue weighted by atomic mass is 35.5. The number of rotatable bonds is 6. The van der Waals surface area contributed by atoms with Crippen molar-refractivity contribution in [2.75, 3.05) is 20.3 Å². The van der Waals surface area contributed by atoms with E-state index in [-0.39, 0.29) is 34.5 Å². The number of thiazole rings is 1. The first-order valence-electron chi connectivity index (χ1n) is 9.46. The van der Waals surface area contributed by atoms with Gasteiger partial charge in [-0.15, -0.1) is 0 Å². The van der Waals surface area contributed by atoms with Gasteiger partial charge in [0, 0.05) is 23.9 Å². The molecule has 2 aromatic heterocycles. The largest absolute Gasteiger partial charge is 0.503 e. The fourth-order valence-corrected chi connectivity index (χ4v) is 4.31. The van der Waals surface area contributed by atoms with Gasteiger partial charge in [0.25, 0.3) is 11.5 Å². The lowest BCUT2D eigenvalue weighted by atomic mass is 10.1. The van der Waals surface area contributed by atoms with Crippen molar-refractivity contribution in [1.82, 2.24) is 14.7 Å². The van der Waals surface area contributed by atoms with E-state index in [9.17, 15) is 19.1 Å². The maximum Gasteiger partial charge on any atom is 0.274 e. The zero-order valence-corrected chi connectivity index (χ0v) is 18.3. The molecule has 0 atom stereocenters. The van der Waals surface area contributed by atoms with Crippen LogP contribution in [-0.2, 0) is 0 Å². The molecule has 0 unspecified atom stereocenters. The molecule has 2 N–H and O–H groups in total. The zero-order chi connectivity index (χ0) is 22.8. The number of aromatic hydroxyl groups is 1. The summed E-state index contributed by atoms with van der Waals surface area (Å²) in [5.41, 5.74) is 1.91. The van der Waals surface area contributed by atoms with Gasteiger partial charge in [-0.25, -0.2) is 9.37 Å². The minimum atomic E-state index is -0.641. The standard InChI is InChI=1S/C22H17ClFN3O4S/c1-31-17-8-12(7-15(23)19(17)28)9-18-21(30)27-11-16(26-22(27)32-18)13-3-2-4-14(10-13)20(29)25-6-5-24/h2-4,7-11,28H,5-6H2,1H3,(H,25,29). The molecule has 0 spiro atoms. The van der Waals surface area contributed by atoms with Crippen LogP contribution in [0.5, 0.6) is 11.5 Å². The van der Waals surface area contributed by atoms with E-state index in [1.165, 1.54) is 28.9 Å². The Labute approximate surface area is 190 Å². The average molecular weight is 474 g/mol. The summed E-state index contributed by atoms with van der Waals surface area (Å²) in [6.45, 7) is -0.697. The molecule has 32 heavy (non-hydrogen) atoms. The van der Waals surface area contributed by atoms with E-state index >= 15 is 0 Å². The number of ether oxygens (including phenoxy) is 1. The Bertz CT molecular complexity index is 1430. The molecule has 0 aliphatic rings. The molecule has 164 valence electrons. The van der Waals surface area contributed by atoms with Crippen LogP contribution in [0.3, 0.4) is 0 Å². The van der Waals surface area contributed by atoms with E-state index in [1.807, 2.05) is 0 Å². The lowest BCUT2D eigenvalue weighted by Crippen LogP contribution is -2.25. The number of fused-ring (bicyclic) bond motifs is 1. The summed E-state index contributed by atoms with van der Waals surface area (Å²) < 4.78 is 19.3. The van der Waals surface area contributed by atoms with Crippen LogP contribution in [-0.4, -0.2) is 40.7 Å². The van der Waals surface area contributed by atoms with Crippen molar-refractivity contribution >= 4 is 39.9 Å². The van der Waals surface area contributed by atoms with Gasteiger partial charge in [-0.2, -0.15) is 0 Å². The first-order valence-corrected chi connectivity index (χ1v) is 10.7. The van der Waals surface area contributed by atoms with Gasteiger partial charge in [-0.05, 0) is 35.9 Å². The number of hydrogen-bond acceptors (Lipinski definition) is 6. The number of aromatic nitrogens is 2. The van der Waals surface area contributed by atoms with Gasteiger partial charge in [0.15, 0.2) is 16.5 Å². The van der Waals surface area contributed by atoms with Crippen molar-refractivity contribution in [1.29, 1.82) is 0 Å². The SMILES string of the molecule is COc1cc(C=c2sc3nc(-c4cccc(C(=O)NCCF)c4)cn3c2=O)cc(Cl)c1O. The highest BCUT2D eigenvalue weighted by molar-refractivity contribution is 7.15. The molecule has 10 heteroatoms. The summed E-state index contributed by atoms with van der Waals surface area (Å²) in [6.07, 6.45) is 3.25. The molecule has 2 heterocycles. The van der Waals surface area contributed by atoms with Gasteiger partial charge in [0.2, 0.25) is 0 Å². The van der Waals surface area contributed by atoms with Gasteiger partial charge in [0.1, 0.15) is 6.67 Å². The number of amides is 1. The Balaban J connectivity index is 1.70. The minimum Gasteiger partial charge on any atom is -0.503 e. The molecular formula is C22H17ClFN3O4S. The quantitative estimate of drug-likeness (QED) is 0.449. The Morgan fingerprint density at radius 3 is 2.91 bits per heavy atom. The van der Waals surface area contributed by atoms with Crippen molar-refractivity contribution in [3.63, 3.8) is 0 Å². The second kappa shape index (κ2) is 8.97. The number of methoxy groups -OCH3 is 1. The maximum atomic E-state index is 12.9. The number of benzene rings is 2. The number of carbonyl (C=O) groups excluding carboxylic acids is 1. The molecule has 0 bridgehead atoms. The minimum absolute atomic E-state index is 0.0553. The highest BCUT2D eigenvalue weighted by Gasteiger charge is 2.13. The summed E-state index contributed by atoms with van der Waals surface area (Å²) in [6, 6.07) is 9.86. The lowest BCUT2D eigenvalue weighted by molar-refractivity contribution is 0.0951. The number of imidazole rings is 1. The second-order valence-electron chi connectivity index (χ2n) is 6.77. The number of phenolic OH excluding ortho intramolecular Hbond substituents is 1. The number of halogens is 2. The van der Waals surface area contributed by atoms with E-state index in [2.05, 4.69) is 10.3 Å². The summed E-state index contributed by atoms with van der Waals surface area (Å²) in [4.78, 5) is 29.9. The maximum absolute atomic E-state index is 12.9. The number of alkyl halides is 1. The number of nitrogens with zero attached hydrogens (tertiary/aromatic N) is 2.